The monoisotopic (exact) mass is 337 g/mol. The third kappa shape index (κ3) is 4.86. The SMILES string of the molecule is O=C(NCC[S@@](=O)Cc1ccccc1)c1ccc(O)c(Cl)c1. The zero-order chi connectivity index (χ0) is 15.9. The second kappa shape index (κ2) is 7.96. The van der Waals surface area contributed by atoms with Gasteiger partial charge in [-0.2, -0.15) is 0 Å². The molecule has 0 heterocycles. The van der Waals surface area contributed by atoms with E-state index in [0.29, 0.717) is 23.6 Å². The molecule has 0 radical (unpaired) electrons. The first kappa shape index (κ1) is 16.5. The molecular weight excluding hydrogens is 322 g/mol. The molecule has 2 rings (SSSR count). The van der Waals surface area contributed by atoms with Crippen LogP contribution in [0.15, 0.2) is 48.5 Å². The van der Waals surface area contributed by atoms with Gasteiger partial charge in [0.25, 0.3) is 5.91 Å². The molecule has 2 N–H and O–H groups in total. The number of hydrogen-bond donors (Lipinski definition) is 2. The summed E-state index contributed by atoms with van der Waals surface area (Å²) in [4.78, 5) is 11.9. The van der Waals surface area contributed by atoms with Crippen LogP contribution in [-0.4, -0.2) is 27.5 Å². The smallest absolute Gasteiger partial charge is 0.251 e. The molecule has 0 bridgehead atoms. The van der Waals surface area contributed by atoms with Crippen molar-refractivity contribution in [2.75, 3.05) is 12.3 Å². The molecule has 0 saturated heterocycles. The number of hydrogen-bond acceptors (Lipinski definition) is 3. The van der Waals surface area contributed by atoms with E-state index >= 15 is 0 Å². The molecule has 0 aromatic heterocycles. The summed E-state index contributed by atoms with van der Waals surface area (Å²) in [5, 5.41) is 12.1. The Hall–Kier alpha value is -1.85. The summed E-state index contributed by atoms with van der Waals surface area (Å²) in [5.41, 5.74) is 1.37. The molecule has 0 saturated carbocycles. The molecule has 1 amide bonds. The molecular formula is C16H16ClNO3S. The van der Waals surface area contributed by atoms with Gasteiger partial charge in [-0.1, -0.05) is 41.9 Å². The number of carbonyl (C=O) groups is 1. The lowest BCUT2D eigenvalue weighted by molar-refractivity contribution is 0.0956. The molecule has 0 unspecified atom stereocenters. The lowest BCUT2D eigenvalue weighted by Gasteiger charge is -2.06. The number of phenolic OH excluding ortho intramolecular Hbond substituents is 1. The van der Waals surface area contributed by atoms with Gasteiger partial charge in [0.05, 0.1) is 5.02 Å². The summed E-state index contributed by atoms with van der Waals surface area (Å²) in [6.45, 7) is 0.316. The number of amides is 1. The first-order valence-electron chi connectivity index (χ1n) is 6.72. The van der Waals surface area contributed by atoms with Crippen molar-refractivity contribution in [2.45, 2.75) is 5.75 Å². The Bertz CT molecular complexity index is 676. The maximum Gasteiger partial charge on any atom is 0.251 e. The number of carbonyl (C=O) groups excluding carboxylic acids is 1. The lowest BCUT2D eigenvalue weighted by atomic mass is 10.2. The second-order valence-corrected chi connectivity index (χ2v) is 6.68. The molecule has 0 fully saturated rings. The standard InChI is InChI=1S/C16H16ClNO3S/c17-14-10-13(6-7-15(14)19)16(20)18-8-9-22(21)11-12-4-2-1-3-5-12/h1-7,10,19H,8-9,11H2,(H,18,20)/t22-/m1/s1. The molecule has 2 aromatic rings. The van der Waals surface area contributed by atoms with Crippen LogP contribution in [0.5, 0.6) is 5.75 Å². The van der Waals surface area contributed by atoms with E-state index in [1.165, 1.54) is 18.2 Å². The third-order valence-corrected chi connectivity index (χ3v) is 4.61. The Balaban J connectivity index is 1.79. The van der Waals surface area contributed by atoms with Crippen LogP contribution in [0.4, 0.5) is 0 Å². The van der Waals surface area contributed by atoms with Gasteiger partial charge in [0.2, 0.25) is 0 Å². The highest BCUT2D eigenvalue weighted by Crippen LogP contribution is 2.23. The summed E-state index contributed by atoms with van der Waals surface area (Å²) in [7, 11) is -1.03. The molecule has 0 spiro atoms. The highest BCUT2D eigenvalue weighted by Gasteiger charge is 2.09. The van der Waals surface area contributed by atoms with Crippen molar-refractivity contribution in [3.8, 4) is 5.75 Å². The van der Waals surface area contributed by atoms with Gasteiger partial charge in [0, 0.05) is 34.4 Å². The van der Waals surface area contributed by atoms with Gasteiger partial charge in [0.15, 0.2) is 0 Å². The van der Waals surface area contributed by atoms with Crippen LogP contribution in [0.2, 0.25) is 5.02 Å². The maximum absolute atomic E-state index is 11.9. The summed E-state index contributed by atoms with van der Waals surface area (Å²) < 4.78 is 11.9. The minimum atomic E-state index is -1.03. The van der Waals surface area contributed by atoms with Crippen molar-refractivity contribution in [3.05, 3.63) is 64.7 Å². The van der Waals surface area contributed by atoms with Gasteiger partial charge < -0.3 is 10.4 Å². The maximum atomic E-state index is 11.9. The quantitative estimate of drug-likeness (QED) is 0.851. The van der Waals surface area contributed by atoms with Gasteiger partial charge in [-0.25, -0.2) is 0 Å². The molecule has 2 aromatic carbocycles. The van der Waals surface area contributed by atoms with E-state index in [-0.39, 0.29) is 16.7 Å². The third-order valence-electron chi connectivity index (χ3n) is 3.00. The van der Waals surface area contributed by atoms with Crippen LogP contribution >= 0.6 is 11.6 Å². The average molecular weight is 338 g/mol. The van der Waals surface area contributed by atoms with E-state index < -0.39 is 10.8 Å². The molecule has 1 atom stereocenters. The van der Waals surface area contributed by atoms with E-state index in [2.05, 4.69) is 5.32 Å². The van der Waals surface area contributed by atoms with E-state index in [9.17, 15) is 14.1 Å². The largest absolute Gasteiger partial charge is 0.506 e. The molecule has 4 nitrogen and oxygen atoms in total. The number of aromatic hydroxyl groups is 1. The van der Waals surface area contributed by atoms with Crippen molar-refractivity contribution in [2.24, 2.45) is 0 Å². The van der Waals surface area contributed by atoms with E-state index in [0.717, 1.165) is 5.56 Å². The van der Waals surface area contributed by atoms with Crippen molar-refractivity contribution < 1.29 is 14.1 Å². The van der Waals surface area contributed by atoms with Crippen LogP contribution in [-0.2, 0) is 16.6 Å². The van der Waals surface area contributed by atoms with Crippen LogP contribution in [0.25, 0.3) is 0 Å². The summed E-state index contributed by atoms with van der Waals surface area (Å²) in [6.07, 6.45) is 0. The number of rotatable bonds is 6. The minimum Gasteiger partial charge on any atom is -0.506 e. The fraction of sp³-hybridized carbons (Fsp3) is 0.188. The molecule has 116 valence electrons. The van der Waals surface area contributed by atoms with Crippen LogP contribution in [0, 0.1) is 0 Å². The van der Waals surface area contributed by atoms with E-state index in [1.807, 2.05) is 30.3 Å². The summed E-state index contributed by atoms with van der Waals surface area (Å²) in [5.74, 6) is 0.481. The van der Waals surface area contributed by atoms with Crippen LogP contribution in [0.3, 0.4) is 0 Å². The van der Waals surface area contributed by atoms with Gasteiger partial charge in [-0.15, -0.1) is 0 Å². The molecule has 0 aliphatic heterocycles. The Morgan fingerprint density at radius 2 is 1.91 bits per heavy atom. The fourth-order valence-corrected chi connectivity index (χ4v) is 3.08. The predicted molar refractivity (Wildman–Crippen MR) is 88.6 cm³/mol. The summed E-state index contributed by atoms with van der Waals surface area (Å²) in [6, 6.07) is 13.8. The lowest BCUT2D eigenvalue weighted by Crippen LogP contribution is -2.27. The Morgan fingerprint density at radius 3 is 2.59 bits per heavy atom. The zero-order valence-corrected chi connectivity index (χ0v) is 13.4. The van der Waals surface area contributed by atoms with Crippen molar-refractivity contribution >= 4 is 28.3 Å². The molecule has 6 heteroatoms. The van der Waals surface area contributed by atoms with E-state index in [4.69, 9.17) is 11.6 Å². The van der Waals surface area contributed by atoms with Gasteiger partial charge in [0.1, 0.15) is 5.75 Å². The number of benzene rings is 2. The fourth-order valence-electron chi connectivity index (χ4n) is 1.86. The average Bonchev–Trinajstić information content (AvgIpc) is 2.51. The van der Waals surface area contributed by atoms with Gasteiger partial charge in [-0.3, -0.25) is 9.00 Å². The normalized spacial score (nSPS) is 11.9. The van der Waals surface area contributed by atoms with Crippen molar-refractivity contribution in [1.82, 2.24) is 5.32 Å². The second-order valence-electron chi connectivity index (χ2n) is 4.70. The highest BCUT2D eigenvalue weighted by molar-refractivity contribution is 7.84. The first-order chi connectivity index (χ1) is 10.6. The zero-order valence-electron chi connectivity index (χ0n) is 11.8. The van der Waals surface area contributed by atoms with E-state index in [1.54, 1.807) is 0 Å². The summed E-state index contributed by atoms with van der Waals surface area (Å²) >= 11 is 5.75. The van der Waals surface area contributed by atoms with Crippen LogP contribution in [0.1, 0.15) is 15.9 Å². The van der Waals surface area contributed by atoms with Gasteiger partial charge in [-0.05, 0) is 23.8 Å². The topological polar surface area (TPSA) is 66.4 Å². The predicted octanol–water partition coefficient (Wildman–Crippen LogP) is 2.72. The number of halogens is 1. The highest BCUT2D eigenvalue weighted by atomic mass is 35.5. The van der Waals surface area contributed by atoms with Crippen molar-refractivity contribution in [3.63, 3.8) is 0 Å². The Labute approximate surface area is 136 Å². The number of phenols is 1. The molecule has 22 heavy (non-hydrogen) atoms. The number of nitrogens with one attached hydrogen (secondary N) is 1. The minimum absolute atomic E-state index is 0.0674. The molecule has 0 aliphatic carbocycles. The first-order valence-corrected chi connectivity index (χ1v) is 8.58. The molecule has 0 aliphatic rings. The Morgan fingerprint density at radius 1 is 1.18 bits per heavy atom. The Kier molecular flexibility index (Phi) is 5.98. The van der Waals surface area contributed by atoms with Crippen LogP contribution < -0.4 is 5.32 Å². The van der Waals surface area contributed by atoms with Crippen molar-refractivity contribution in [1.29, 1.82) is 0 Å². The van der Waals surface area contributed by atoms with Gasteiger partial charge >= 0.3 is 0 Å².